The van der Waals surface area contributed by atoms with Crippen LogP contribution < -0.4 is 24.4 Å². The predicted molar refractivity (Wildman–Crippen MR) is 124 cm³/mol. The van der Waals surface area contributed by atoms with Crippen LogP contribution >= 0.6 is 11.6 Å². The molecular weight excluding hydrogens is 450 g/mol. The molecule has 176 valence electrons. The molecule has 2 aromatic rings. The van der Waals surface area contributed by atoms with Crippen molar-refractivity contribution in [1.29, 1.82) is 0 Å². The van der Waals surface area contributed by atoms with Gasteiger partial charge in [-0.3, -0.25) is 14.4 Å². The van der Waals surface area contributed by atoms with E-state index in [1.54, 1.807) is 36.4 Å². The second-order valence-corrected chi connectivity index (χ2v) is 7.97. The first-order chi connectivity index (χ1) is 15.8. The lowest BCUT2D eigenvalue weighted by molar-refractivity contribution is -0.137. The molecule has 0 saturated carbocycles. The summed E-state index contributed by atoms with van der Waals surface area (Å²) in [7, 11) is 6.05. The zero-order valence-electron chi connectivity index (χ0n) is 18.9. The quantitative estimate of drug-likeness (QED) is 0.630. The zero-order valence-corrected chi connectivity index (χ0v) is 19.6. The lowest BCUT2D eigenvalue weighted by Crippen LogP contribution is -2.39. The minimum Gasteiger partial charge on any atom is -0.497 e. The number of nitrogens with one attached hydrogen (secondary N) is 1. The van der Waals surface area contributed by atoms with Crippen LogP contribution in [-0.4, -0.2) is 64.1 Å². The highest BCUT2D eigenvalue weighted by molar-refractivity contribution is 6.31. The summed E-state index contributed by atoms with van der Waals surface area (Å²) in [5.41, 5.74) is 0.939. The van der Waals surface area contributed by atoms with Crippen molar-refractivity contribution >= 4 is 40.7 Å². The highest BCUT2D eigenvalue weighted by atomic mass is 35.5. The molecule has 1 atom stereocenters. The van der Waals surface area contributed by atoms with Crippen molar-refractivity contribution in [3.63, 3.8) is 0 Å². The number of hydrogen-bond acceptors (Lipinski definition) is 6. The Morgan fingerprint density at radius 2 is 1.79 bits per heavy atom. The van der Waals surface area contributed by atoms with Gasteiger partial charge >= 0.3 is 0 Å². The Balaban J connectivity index is 1.66. The highest BCUT2D eigenvalue weighted by Crippen LogP contribution is 2.36. The van der Waals surface area contributed by atoms with E-state index in [1.165, 1.54) is 38.2 Å². The number of carbonyl (C=O) groups excluding carboxylic acids is 3. The molecule has 0 bridgehead atoms. The van der Waals surface area contributed by atoms with Crippen molar-refractivity contribution in [2.45, 2.75) is 6.42 Å². The van der Waals surface area contributed by atoms with Gasteiger partial charge in [-0.05, 0) is 30.3 Å². The number of halogens is 1. The number of benzene rings is 2. The van der Waals surface area contributed by atoms with E-state index in [9.17, 15) is 14.4 Å². The van der Waals surface area contributed by atoms with E-state index in [0.717, 1.165) is 0 Å². The standard InChI is InChI=1S/C23H26ClN3O6/c1-26(13-21(28)25-17-10-15(24)5-7-19(17)32-3)23(30)14-9-22(29)27(12-14)18-11-16(31-2)6-8-20(18)33-4/h5-8,10-11,14H,9,12-13H2,1-4H3,(H,25,28). The van der Waals surface area contributed by atoms with Gasteiger partial charge in [-0.15, -0.1) is 0 Å². The number of rotatable bonds is 8. The van der Waals surface area contributed by atoms with E-state index in [-0.39, 0.29) is 31.3 Å². The van der Waals surface area contributed by atoms with Crippen molar-refractivity contribution in [3.05, 3.63) is 41.4 Å². The number of amides is 3. The normalized spacial score (nSPS) is 15.2. The van der Waals surface area contributed by atoms with Gasteiger partial charge in [-0.1, -0.05) is 11.6 Å². The third kappa shape index (κ3) is 5.48. The topological polar surface area (TPSA) is 97.4 Å². The maximum atomic E-state index is 13.0. The summed E-state index contributed by atoms with van der Waals surface area (Å²) < 4.78 is 15.8. The number of hydrogen-bond donors (Lipinski definition) is 1. The lowest BCUT2D eigenvalue weighted by Gasteiger charge is -2.22. The Morgan fingerprint density at radius 3 is 2.45 bits per heavy atom. The molecule has 1 saturated heterocycles. The van der Waals surface area contributed by atoms with E-state index >= 15 is 0 Å². The number of anilines is 2. The van der Waals surface area contributed by atoms with Crippen LogP contribution in [0, 0.1) is 5.92 Å². The predicted octanol–water partition coefficient (Wildman–Crippen LogP) is 2.82. The van der Waals surface area contributed by atoms with Gasteiger partial charge in [0.15, 0.2) is 0 Å². The number of likely N-dealkylation sites (N-methyl/N-ethyl adjacent to an activating group) is 1. The summed E-state index contributed by atoms with van der Waals surface area (Å²) >= 11 is 5.99. The first-order valence-electron chi connectivity index (χ1n) is 10.2. The molecule has 0 spiro atoms. The SMILES string of the molecule is COc1ccc(OC)c(N2CC(C(=O)N(C)CC(=O)Nc3cc(Cl)ccc3OC)CC2=O)c1. The molecule has 10 heteroatoms. The number of ether oxygens (including phenoxy) is 3. The van der Waals surface area contributed by atoms with Gasteiger partial charge in [-0.25, -0.2) is 0 Å². The average molecular weight is 476 g/mol. The fraction of sp³-hybridized carbons (Fsp3) is 0.348. The molecule has 1 unspecified atom stereocenters. The molecule has 0 aliphatic carbocycles. The Kier molecular flexibility index (Phi) is 7.65. The smallest absolute Gasteiger partial charge is 0.244 e. The van der Waals surface area contributed by atoms with Crippen LogP contribution in [0.1, 0.15) is 6.42 Å². The van der Waals surface area contributed by atoms with Crippen LogP contribution in [0.25, 0.3) is 0 Å². The Morgan fingerprint density at radius 1 is 1.09 bits per heavy atom. The molecule has 1 aliphatic heterocycles. The summed E-state index contributed by atoms with van der Waals surface area (Å²) in [5, 5.41) is 3.14. The van der Waals surface area contributed by atoms with Gasteiger partial charge in [0, 0.05) is 31.1 Å². The molecule has 2 aromatic carbocycles. The highest BCUT2D eigenvalue weighted by Gasteiger charge is 2.38. The Bertz CT molecular complexity index is 1060. The summed E-state index contributed by atoms with van der Waals surface area (Å²) in [6.07, 6.45) is 0.0350. The fourth-order valence-corrected chi connectivity index (χ4v) is 3.86. The van der Waals surface area contributed by atoms with Crippen molar-refractivity contribution < 1.29 is 28.6 Å². The summed E-state index contributed by atoms with van der Waals surface area (Å²) in [6.45, 7) is -0.0169. The van der Waals surface area contributed by atoms with Gasteiger partial charge in [0.1, 0.15) is 17.2 Å². The molecule has 3 amide bonds. The zero-order chi connectivity index (χ0) is 24.1. The minimum atomic E-state index is -0.591. The summed E-state index contributed by atoms with van der Waals surface area (Å²) in [4.78, 5) is 41.0. The van der Waals surface area contributed by atoms with Crippen LogP contribution in [0.3, 0.4) is 0 Å². The Hall–Kier alpha value is -3.46. The van der Waals surface area contributed by atoms with Crippen LogP contribution in [0.15, 0.2) is 36.4 Å². The van der Waals surface area contributed by atoms with E-state index in [2.05, 4.69) is 5.32 Å². The van der Waals surface area contributed by atoms with Gasteiger partial charge in [0.05, 0.1) is 45.2 Å². The van der Waals surface area contributed by atoms with Crippen LogP contribution in [0.2, 0.25) is 5.02 Å². The number of nitrogens with zero attached hydrogens (tertiary/aromatic N) is 2. The van der Waals surface area contributed by atoms with Crippen LogP contribution in [-0.2, 0) is 14.4 Å². The van der Waals surface area contributed by atoms with Crippen molar-refractivity contribution in [2.75, 3.05) is 51.7 Å². The molecule has 33 heavy (non-hydrogen) atoms. The lowest BCUT2D eigenvalue weighted by atomic mass is 10.1. The molecule has 3 rings (SSSR count). The maximum absolute atomic E-state index is 13.0. The van der Waals surface area contributed by atoms with Gasteiger partial charge in [-0.2, -0.15) is 0 Å². The van der Waals surface area contributed by atoms with E-state index in [0.29, 0.717) is 33.6 Å². The van der Waals surface area contributed by atoms with E-state index in [4.69, 9.17) is 25.8 Å². The molecule has 0 aromatic heterocycles. The van der Waals surface area contributed by atoms with Gasteiger partial charge in [0.25, 0.3) is 0 Å². The molecule has 1 heterocycles. The van der Waals surface area contributed by atoms with Crippen molar-refractivity contribution in [1.82, 2.24) is 4.90 Å². The van der Waals surface area contributed by atoms with Crippen LogP contribution in [0.4, 0.5) is 11.4 Å². The second-order valence-electron chi connectivity index (χ2n) is 7.53. The summed E-state index contributed by atoms with van der Waals surface area (Å²) in [5.74, 6) is 0.00127. The summed E-state index contributed by atoms with van der Waals surface area (Å²) in [6, 6.07) is 9.97. The third-order valence-corrected chi connectivity index (χ3v) is 5.58. The number of methoxy groups -OCH3 is 3. The first-order valence-corrected chi connectivity index (χ1v) is 10.6. The second kappa shape index (κ2) is 10.4. The van der Waals surface area contributed by atoms with Crippen LogP contribution in [0.5, 0.6) is 17.2 Å². The number of carbonyl (C=O) groups is 3. The molecule has 0 radical (unpaired) electrons. The first kappa shape index (κ1) is 24.2. The monoisotopic (exact) mass is 475 g/mol. The fourth-order valence-electron chi connectivity index (χ4n) is 3.69. The molecule has 9 nitrogen and oxygen atoms in total. The van der Waals surface area contributed by atoms with Crippen molar-refractivity contribution in [2.24, 2.45) is 5.92 Å². The van der Waals surface area contributed by atoms with Crippen molar-refractivity contribution in [3.8, 4) is 17.2 Å². The van der Waals surface area contributed by atoms with E-state index < -0.39 is 11.8 Å². The largest absolute Gasteiger partial charge is 0.497 e. The van der Waals surface area contributed by atoms with Gasteiger partial charge in [0.2, 0.25) is 17.7 Å². The maximum Gasteiger partial charge on any atom is 0.244 e. The third-order valence-electron chi connectivity index (χ3n) is 5.34. The average Bonchev–Trinajstić information content (AvgIpc) is 3.19. The molecule has 1 N–H and O–H groups in total. The molecule has 1 aliphatic rings. The van der Waals surface area contributed by atoms with Gasteiger partial charge < -0.3 is 29.3 Å². The molecule has 1 fully saturated rings. The molecular formula is C23H26ClN3O6. The Labute approximate surface area is 197 Å². The van der Waals surface area contributed by atoms with E-state index in [1.807, 2.05) is 0 Å². The minimum absolute atomic E-state index is 0.0350.